The minimum Gasteiger partial charge on any atom is -0.493 e. The standard InChI is InChI=1S/C23H21N3O4S/c1-29-19-12-11-16(13-20(19)30-2)22(28)26-23(31)25-18-10-6-9-17(14-18)24-21(27)15-7-4-3-5-8-15/h3-14H,1-2H3,(H,24,27)(H2,25,26,28,31). The third kappa shape index (κ3) is 5.80. The van der Waals surface area contributed by atoms with Gasteiger partial charge in [-0.3, -0.25) is 14.9 Å². The van der Waals surface area contributed by atoms with Gasteiger partial charge in [0.25, 0.3) is 11.8 Å². The second-order valence-corrected chi connectivity index (χ2v) is 6.79. The molecule has 0 atom stereocenters. The van der Waals surface area contributed by atoms with E-state index in [1.165, 1.54) is 14.2 Å². The van der Waals surface area contributed by atoms with Crippen LogP contribution in [-0.4, -0.2) is 31.1 Å². The Bertz CT molecular complexity index is 1100. The normalized spacial score (nSPS) is 10.0. The fraction of sp³-hybridized carbons (Fsp3) is 0.0870. The van der Waals surface area contributed by atoms with E-state index in [-0.39, 0.29) is 11.0 Å². The highest BCUT2D eigenvalue weighted by Crippen LogP contribution is 2.27. The number of hydrogen-bond donors (Lipinski definition) is 3. The van der Waals surface area contributed by atoms with E-state index < -0.39 is 5.91 Å². The van der Waals surface area contributed by atoms with E-state index in [4.69, 9.17) is 21.7 Å². The first-order chi connectivity index (χ1) is 15.0. The number of thiocarbonyl (C=S) groups is 1. The molecule has 3 aromatic carbocycles. The molecule has 0 saturated carbocycles. The van der Waals surface area contributed by atoms with Gasteiger partial charge in [0.1, 0.15) is 0 Å². The van der Waals surface area contributed by atoms with Crippen LogP contribution < -0.4 is 25.4 Å². The van der Waals surface area contributed by atoms with Crippen LogP contribution in [-0.2, 0) is 0 Å². The number of hydrogen-bond acceptors (Lipinski definition) is 5. The number of methoxy groups -OCH3 is 2. The van der Waals surface area contributed by atoms with E-state index >= 15 is 0 Å². The van der Waals surface area contributed by atoms with Crippen molar-refractivity contribution in [3.05, 3.63) is 83.9 Å². The van der Waals surface area contributed by atoms with Gasteiger partial charge in [0.15, 0.2) is 16.6 Å². The highest BCUT2D eigenvalue weighted by Gasteiger charge is 2.12. The summed E-state index contributed by atoms with van der Waals surface area (Å²) in [6.07, 6.45) is 0. The molecule has 0 spiro atoms. The van der Waals surface area contributed by atoms with E-state index in [0.717, 1.165) is 0 Å². The molecule has 2 amide bonds. The molecular formula is C23H21N3O4S. The van der Waals surface area contributed by atoms with Gasteiger partial charge < -0.3 is 20.1 Å². The van der Waals surface area contributed by atoms with Crippen molar-refractivity contribution in [3.8, 4) is 11.5 Å². The van der Waals surface area contributed by atoms with E-state index in [0.29, 0.717) is 34.0 Å². The average Bonchev–Trinajstić information content (AvgIpc) is 2.79. The molecule has 0 saturated heterocycles. The molecule has 3 aromatic rings. The summed E-state index contributed by atoms with van der Waals surface area (Å²) in [4.78, 5) is 24.8. The van der Waals surface area contributed by atoms with Gasteiger partial charge in [-0.2, -0.15) is 0 Å². The van der Waals surface area contributed by atoms with Gasteiger partial charge in [0.05, 0.1) is 14.2 Å². The highest BCUT2D eigenvalue weighted by molar-refractivity contribution is 7.80. The Kier molecular flexibility index (Phi) is 7.18. The largest absolute Gasteiger partial charge is 0.493 e. The summed E-state index contributed by atoms with van der Waals surface area (Å²) in [5.74, 6) is 0.346. The van der Waals surface area contributed by atoms with Crippen LogP contribution in [0.5, 0.6) is 11.5 Å². The highest BCUT2D eigenvalue weighted by atomic mass is 32.1. The summed E-state index contributed by atoms with van der Waals surface area (Å²) >= 11 is 5.24. The molecule has 3 rings (SSSR count). The van der Waals surface area contributed by atoms with Crippen LogP contribution in [0.4, 0.5) is 11.4 Å². The average molecular weight is 436 g/mol. The molecule has 0 aromatic heterocycles. The lowest BCUT2D eigenvalue weighted by atomic mass is 10.2. The van der Waals surface area contributed by atoms with Crippen molar-refractivity contribution in [2.24, 2.45) is 0 Å². The fourth-order valence-electron chi connectivity index (χ4n) is 2.78. The molecule has 0 radical (unpaired) electrons. The number of anilines is 2. The van der Waals surface area contributed by atoms with Crippen molar-refractivity contribution < 1.29 is 19.1 Å². The van der Waals surface area contributed by atoms with Crippen LogP contribution in [0.2, 0.25) is 0 Å². The SMILES string of the molecule is COc1ccc(C(=O)NC(=S)Nc2cccc(NC(=O)c3ccccc3)c2)cc1OC. The molecule has 0 bridgehead atoms. The maximum atomic E-state index is 12.5. The number of benzene rings is 3. The summed E-state index contributed by atoms with van der Waals surface area (Å²) in [7, 11) is 3.02. The fourth-order valence-corrected chi connectivity index (χ4v) is 2.99. The van der Waals surface area contributed by atoms with Gasteiger partial charge in [0, 0.05) is 22.5 Å². The zero-order chi connectivity index (χ0) is 22.2. The van der Waals surface area contributed by atoms with Crippen LogP contribution in [0.3, 0.4) is 0 Å². The molecule has 0 heterocycles. The second kappa shape index (κ2) is 10.2. The summed E-state index contributed by atoms with van der Waals surface area (Å²) in [6, 6.07) is 20.7. The van der Waals surface area contributed by atoms with Crippen LogP contribution in [0.15, 0.2) is 72.8 Å². The minimum absolute atomic E-state index is 0.117. The van der Waals surface area contributed by atoms with Crippen molar-refractivity contribution in [2.45, 2.75) is 0 Å². The van der Waals surface area contributed by atoms with E-state index in [2.05, 4.69) is 16.0 Å². The second-order valence-electron chi connectivity index (χ2n) is 6.38. The van der Waals surface area contributed by atoms with Crippen LogP contribution in [0, 0.1) is 0 Å². The Hall–Kier alpha value is -3.91. The smallest absolute Gasteiger partial charge is 0.257 e. The number of ether oxygens (including phenoxy) is 2. The molecule has 0 aliphatic heterocycles. The Morgan fingerprint density at radius 3 is 2.06 bits per heavy atom. The molecule has 0 aliphatic rings. The third-order valence-electron chi connectivity index (χ3n) is 4.29. The third-order valence-corrected chi connectivity index (χ3v) is 4.49. The molecular weight excluding hydrogens is 414 g/mol. The maximum absolute atomic E-state index is 12.5. The molecule has 0 unspecified atom stereocenters. The lowest BCUT2D eigenvalue weighted by Gasteiger charge is -2.12. The summed E-state index contributed by atoms with van der Waals surface area (Å²) in [5, 5.41) is 8.50. The Morgan fingerprint density at radius 1 is 0.710 bits per heavy atom. The molecule has 8 heteroatoms. The Morgan fingerprint density at radius 2 is 1.39 bits per heavy atom. The molecule has 0 aliphatic carbocycles. The zero-order valence-electron chi connectivity index (χ0n) is 17.0. The van der Waals surface area contributed by atoms with Crippen LogP contribution in [0.1, 0.15) is 20.7 Å². The van der Waals surface area contributed by atoms with Gasteiger partial charge >= 0.3 is 0 Å². The van der Waals surface area contributed by atoms with E-state index in [9.17, 15) is 9.59 Å². The first-order valence-electron chi connectivity index (χ1n) is 9.31. The number of amides is 2. The van der Waals surface area contributed by atoms with Crippen molar-refractivity contribution in [1.82, 2.24) is 5.32 Å². The van der Waals surface area contributed by atoms with Crippen LogP contribution >= 0.6 is 12.2 Å². The first-order valence-corrected chi connectivity index (χ1v) is 9.72. The van der Waals surface area contributed by atoms with Crippen LogP contribution in [0.25, 0.3) is 0 Å². The van der Waals surface area contributed by atoms with Gasteiger partial charge in [0.2, 0.25) is 0 Å². The Labute approximate surface area is 185 Å². The van der Waals surface area contributed by atoms with Crippen molar-refractivity contribution in [3.63, 3.8) is 0 Å². The number of carbonyl (C=O) groups excluding carboxylic acids is 2. The molecule has 3 N–H and O–H groups in total. The summed E-state index contributed by atoms with van der Waals surface area (Å²) in [6.45, 7) is 0. The summed E-state index contributed by atoms with van der Waals surface area (Å²) < 4.78 is 10.4. The number of carbonyl (C=O) groups is 2. The van der Waals surface area contributed by atoms with E-state index in [1.54, 1.807) is 66.7 Å². The van der Waals surface area contributed by atoms with Gasteiger partial charge in [-0.25, -0.2) is 0 Å². The number of rotatable bonds is 6. The lowest BCUT2D eigenvalue weighted by molar-refractivity contribution is 0.0976. The molecule has 0 fully saturated rings. The first kappa shape index (κ1) is 21.8. The van der Waals surface area contributed by atoms with Gasteiger partial charge in [-0.05, 0) is 60.7 Å². The zero-order valence-corrected chi connectivity index (χ0v) is 17.8. The quantitative estimate of drug-likeness (QED) is 0.506. The topological polar surface area (TPSA) is 88.7 Å². The number of nitrogens with one attached hydrogen (secondary N) is 3. The lowest BCUT2D eigenvalue weighted by Crippen LogP contribution is -2.34. The van der Waals surface area contributed by atoms with Gasteiger partial charge in [-0.1, -0.05) is 24.3 Å². The van der Waals surface area contributed by atoms with Crippen molar-refractivity contribution in [1.29, 1.82) is 0 Å². The van der Waals surface area contributed by atoms with Gasteiger partial charge in [-0.15, -0.1) is 0 Å². The molecule has 158 valence electrons. The monoisotopic (exact) mass is 435 g/mol. The van der Waals surface area contributed by atoms with Crippen molar-refractivity contribution in [2.75, 3.05) is 24.9 Å². The molecule has 7 nitrogen and oxygen atoms in total. The predicted molar refractivity (Wildman–Crippen MR) is 124 cm³/mol. The maximum Gasteiger partial charge on any atom is 0.257 e. The predicted octanol–water partition coefficient (Wildman–Crippen LogP) is 4.08. The minimum atomic E-state index is -0.396. The molecule has 31 heavy (non-hydrogen) atoms. The van der Waals surface area contributed by atoms with E-state index in [1.807, 2.05) is 6.07 Å². The Balaban J connectivity index is 1.62. The van der Waals surface area contributed by atoms with Crippen molar-refractivity contribution >= 4 is 40.5 Å². The summed E-state index contributed by atoms with van der Waals surface area (Å²) in [5.41, 5.74) is 2.13.